The van der Waals surface area contributed by atoms with E-state index in [4.69, 9.17) is 0 Å². The van der Waals surface area contributed by atoms with Crippen molar-refractivity contribution in [2.75, 3.05) is 11.9 Å². The first-order chi connectivity index (χ1) is 6.89. The maximum absolute atomic E-state index is 12.1. The first-order valence-corrected chi connectivity index (χ1v) is 4.54. The summed E-state index contributed by atoms with van der Waals surface area (Å²) in [6, 6.07) is 2.19. The van der Waals surface area contributed by atoms with Gasteiger partial charge < -0.3 is 5.32 Å². The molecule has 0 saturated heterocycles. The second kappa shape index (κ2) is 4.46. The molecule has 1 aromatic rings. The first kappa shape index (κ1) is 11.7. The fourth-order valence-corrected chi connectivity index (χ4v) is 0.886. The summed E-state index contributed by atoms with van der Waals surface area (Å²) in [6.07, 6.45) is -4.43. The van der Waals surface area contributed by atoms with E-state index in [9.17, 15) is 13.2 Å². The van der Waals surface area contributed by atoms with E-state index in [0.29, 0.717) is 18.3 Å². The van der Waals surface area contributed by atoms with Crippen LogP contribution in [-0.2, 0) is 6.18 Å². The van der Waals surface area contributed by atoms with Crippen LogP contribution in [0.1, 0.15) is 19.5 Å². The zero-order valence-electron chi connectivity index (χ0n) is 8.47. The van der Waals surface area contributed by atoms with Gasteiger partial charge in [-0.25, -0.2) is 0 Å². The normalized spacial score (nSPS) is 11.9. The Bertz CT molecular complexity index is 305. The Kier molecular flexibility index (Phi) is 3.49. The second-order valence-electron chi connectivity index (χ2n) is 3.58. The molecule has 1 aromatic heterocycles. The molecule has 1 rings (SSSR count). The summed E-state index contributed by atoms with van der Waals surface area (Å²) in [5.74, 6) is 0.755. The van der Waals surface area contributed by atoms with Crippen molar-refractivity contribution < 1.29 is 13.2 Å². The average Bonchev–Trinajstić information content (AvgIpc) is 2.14. The van der Waals surface area contributed by atoms with Gasteiger partial charge in [-0.1, -0.05) is 13.8 Å². The molecule has 0 aliphatic carbocycles. The van der Waals surface area contributed by atoms with Crippen LogP contribution >= 0.6 is 0 Å². The minimum absolute atomic E-state index is 0.358. The second-order valence-corrected chi connectivity index (χ2v) is 3.58. The standard InChI is InChI=1S/C9H12F3N3/c1-6(2)5-13-8-4-3-7(14-15-8)9(10,11)12/h3-4,6H,5H2,1-2H3,(H,13,15). The Morgan fingerprint density at radius 1 is 1.27 bits per heavy atom. The highest BCUT2D eigenvalue weighted by Gasteiger charge is 2.32. The van der Waals surface area contributed by atoms with Crippen LogP contribution in [0.3, 0.4) is 0 Å². The third-order valence-electron chi connectivity index (χ3n) is 1.65. The van der Waals surface area contributed by atoms with Crippen LogP contribution in [-0.4, -0.2) is 16.7 Å². The van der Waals surface area contributed by atoms with Crippen LogP contribution in [0, 0.1) is 5.92 Å². The van der Waals surface area contributed by atoms with E-state index >= 15 is 0 Å². The predicted molar refractivity (Wildman–Crippen MR) is 50.4 cm³/mol. The van der Waals surface area contributed by atoms with Crippen LogP contribution < -0.4 is 5.32 Å². The van der Waals surface area contributed by atoms with E-state index in [1.165, 1.54) is 6.07 Å². The monoisotopic (exact) mass is 219 g/mol. The van der Waals surface area contributed by atoms with Crippen molar-refractivity contribution in [3.05, 3.63) is 17.8 Å². The SMILES string of the molecule is CC(C)CNc1ccc(C(F)(F)F)nn1. The molecule has 6 heteroatoms. The number of nitrogens with one attached hydrogen (secondary N) is 1. The third-order valence-corrected chi connectivity index (χ3v) is 1.65. The van der Waals surface area contributed by atoms with Crippen LogP contribution in [0.4, 0.5) is 19.0 Å². The molecular weight excluding hydrogens is 207 g/mol. The topological polar surface area (TPSA) is 37.8 Å². The van der Waals surface area contributed by atoms with Crippen molar-refractivity contribution >= 4 is 5.82 Å². The Morgan fingerprint density at radius 2 is 1.93 bits per heavy atom. The van der Waals surface area contributed by atoms with E-state index in [0.717, 1.165) is 6.07 Å². The molecule has 0 aromatic carbocycles. The van der Waals surface area contributed by atoms with Crippen molar-refractivity contribution in [1.82, 2.24) is 10.2 Å². The summed E-state index contributed by atoms with van der Waals surface area (Å²) in [6.45, 7) is 4.63. The van der Waals surface area contributed by atoms with Gasteiger partial charge in [-0.05, 0) is 18.1 Å². The molecule has 0 unspecified atom stereocenters. The highest BCUT2D eigenvalue weighted by atomic mass is 19.4. The number of hydrogen-bond acceptors (Lipinski definition) is 3. The van der Waals surface area contributed by atoms with Gasteiger partial charge in [0.05, 0.1) is 0 Å². The largest absolute Gasteiger partial charge is 0.435 e. The quantitative estimate of drug-likeness (QED) is 0.848. The highest BCUT2D eigenvalue weighted by molar-refractivity contribution is 5.33. The summed E-state index contributed by atoms with van der Waals surface area (Å²) < 4.78 is 36.3. The average molecular weight is 219 g/mol. The van der Waals surface area contributed by atoms with Gasteiger partial charge in [0.2, 0.25) is 0 Å². The number of anilines is 1. The van der Waals surface area contributed by atoms with Crippen molar-refractivity contribution in [3.63, 3.8) is 0 Å². The van der Waals surface area contributed by atoms with E-state index in [-0.39, 0.29) is 0 Å². The minimum Gasteiger partial charge on any atom is -0.368 e. The minimum atomic E-state index is -4.43. The zero-order chi connectivity index (χ0) is 11.5. The van der Waals surface area contributed by atoms with E-state index in [1.807, 2.05) is 13.8 Å². The molecule has 0 radical (unpaired) electrons. The Hall–Kier alpha value is -1.33. The Balaban J connectivity index is 2.65. The maximum Gasteiger partial charge on any atom is 0.435 e. The van der Waals surface area contributed by atoms with Gasteiger partial charge in [0, 0.05) is 6.54 Å². The van der Waals surface area contributed by atoms with Crippen molar-refractivity contribution in [2.45, 2.75) is 20.0 Å². The molecular formula is C9H12F3N3. The molecule has 0 spiro atoms. The lowest BCUT2D eigenvalue weighted by molar-refractivity contribution is -0.141. The van der Waals surface area contributed by atoms with Crippen molar-refractivity contribution in [1.29, 1.82) is 0 Å². The highest BCUT2D eigenvalue weighted by Crippen LogP contribution is 2.26. The molecule has 1 N–H and O–H groups in total. The van der Waals surface area contributed by atoms with Gasteiger partial charge in [0.15, 0.2) is 5.69 Å². The Labute approximate surface area is 85.7 Å². The van der Waals surface area contributed by atoms with Crippen LogP contribution in [0.25, 0.3) is 0 Å². The molecule has 0 atom stereocenters. The summed E-state index contributed by atoms with van der Waals surface area (Å²) >= 11 is 0. The van der Waals surface area contributed by atoms with Crippen LogP contribution in [0.15, 0.2) is 12.1 Å². The molecule has 0 aliphatic rings. The van der Waals surface area contributed by atoms with E-state index < -0.39 is 11.9 Å². The summed E-state index contributed by atoms with van der Waals surface area (Å²) in [4.78, 5) is 0. The molecule has 0 amide bonds. The van der Waals surface area contributed by atoms with Gasteiger partial charge in [0.25, 0.3) is 0 Å². The molecule has 0 fully saturated rings. The molecule has 0 saturated carbocycles. The number of alkyl halides is 3. The van der Waals surface area contributed by atoms with E-state index in [2.05, 4.69) is 15.5 Å². The third kappa shape index (κ3) is 3.73. The van der Waals surface area contributed by atoms with E-state index in [1.54, 1.807) is 0 Å². The van der Waals surface area contributed by atoms with Gasteiger partial charge in [-0.3, -0.25) is 0 Å². The van der Waals surface area contributed by atoms with Crippen LogP contribution in [0.5, 0.6) is 0 Å². The van der Waals surface area contributed by atoms with Crippen molar-refractivity contribution in [3.8, 4) is 0 Å². The summed E-state index contributed by atoms with van der Waals surface area (Å²) in [7, 11) is 0. The number of rotatable bonds is 3. The van der Waals surface area contributed by atoms with Gasteiger partial charge in [0.1, 0.15) is 5.82 Å². The molecule has 15 heavy (non-hydrogen) atoms. The fraction of sp³-hybridized carbons (Fsp3) is 0.556. The lowest BCUT2D eigenvalue weighted by Crippen LogP contribution is -2.12. The summed E-state index contributed by atoms with van der Waals surface area (Å²) in [5, 5.41) is 9.41. The molecule has 0 bridgehead atoms. The number of hydrogen-bond donors (Lipinski definition) is 1. The Morgan fingerprint density at radius 3 is 2.33 bits per heavy atom. The molecule has 84 valence electrons. The lowest BCUT2D eigenvalue weighted by Gasteiger charge is -2.08. The van der Waals surface area contributed by atoms with Gasteiger partial charge >= 0.3 is 6.18 Å². The molecule has 3 nitrogen and oxygen atoms in total. The molecule has 1 heterocycles. The molecule has 0 aliphatic heterocycles. The number of halogens is 3. The van der Waals surface area contributed by atoms with Crippen molar-refractivity contribution in [2.24, 2.45) is 5.92 Å². The smallest absolute Gasteiger partial charge is 0.368 e. The predicted octanol–water partition coefficient (Wildman–Crippen LogP) is 2.56. The lowest BCUT2D eigenvalue weighted by atomic mass is 10.2. The number of nitrogens with zero attached hydrogens (tertiary/aromatic N) is 2. The maximum atomic E-state index is 12.1. The number of aromatic nitrogens is 2. The zero-order valence-corrected chi connectivity index (χ0v) is 8.47. The van der Waals surface area contributed by atoms with Gasteiger partial charge in [-0.15, -0.1) is 10.2 Å². The van der Waals surface area contributed by atoms with Crippen LogP contribution in [0.2, 0.25) is 0 Å². The van der Waals surface area contributed by atoms with Gasteiger partial charge in [-0.2, -0.15) is 13.2 Å². The first-order valence-electron chi connectivity index (χ1n) is 4.54. The fourth-order valence-electron chi connectivity index (χ4n) is 0.886. The summed E-state index contributed by atoms with van der Waals surface area (Å²) in [5.41, 5.74) is -0.974.